The zero-order valence-corrected chi connectivity index (χ0v) is 16.8. The fraction of sp³-hybridized carbons (Fsp3) is 0.238. The second-order valence-corrected chi connectivity index (χ2v) is 7.03. The van der Waals surface area contributed by atoms with Crippen molar-refractivity contribution in [3.05, 3.63) is 65.7 Å². The van der Waals surface area contributed by atoms with E-state index in [2.05, 4.69) is 25.9 Å². The van der Waals surface area contributed by atoms with E-state index in [0.717, 1.165) is 11.3 Å². The molecular weight excluding hydrogens is 401 g/mol. The van der Waals surface area contributed by atoms with Crippen LogP contribution in [-0.2, 0) is 9.59 Å². The molecule has 0 atom stereocenters. The van der Waals surface area contributed by atoms with Gasteiger partial charge in [-0.15, -0.1) is 5.10 Å². The number of hydrogen-bond donors (Lipinski definition) is 1. The van der Waals surface area contributed by atoms with Gasteiger partial charge in [-0.3, -0.25) is 9.59 Å². The van der Waals surface area contributed by atoms with Crippen molar-refractivity contribution in [3.63, 3.8) is 0 Å². The van der Waals surface area contributed by atoms with Crippen LogP contribution in [0.15, 0.2) is 53.6 Å². The Morgan fingerprint density at radius 2 is 1.94 bits per heavy atom. The number of aromatic nitrogens is 4. The van der Waals surface area contributed by atoms with Crippen LogP contribution in [0.25, 0.3) is 5.69 Å². The Morgan fingerprint density at radius 3 is 2.68 bits per heavy atom. The summed E-state index contributed by atoms with van der Waals surface area (Å²) in [6, 6.07) is 13.8. The number of nitrogens with one attached hydrogen (secondary N) is 1. The Morgan fingerprint density at radius 1 is 1.13 bits per heavy atom. The Bertz CT molecular complexity index is 1140. The number of carbonyl (C=O) groups is 2. The molecule has 0 unspecified atom stereocenters. The zero-order chi connectivity index (χ0) is 21.8. The molecule has 2 amide bonds. The van der Waals surface area contributed by atoms with Gasteiger partial charge in [0.05, 0.1) is 23.6 Å². The van der Waals surface area contributed by atoms with Gasteiger partial charge in [0, 0.05) is 19.3 Å². The summed E-state index contributed by atoms with van der Waals surface area (Å²) < 4.78 is 15.6. The van der Waals surface area contributed by atoms with Gasteiger partial charge in [0.1, 0.15) is 5.82 Å². The quantitative estimate of drug-likeness (QED) is 0.658. The SMILES string of the molecule is Cc1nnnn1-c1ccc(F)c(NC(=O)CCC(=O)N2CCC(c3ccccc3)=N2)c1. The normalized spacial score (nSPS) is 13.2. The first-order chi connectivity index (χ1) is 15.0. The van der Waals surface area contributed by atoms with Crippen molar-refractivity contribution < 1.29 is 14.0 Å². The fourth-order valence-corrected chi connectivity index (χ4v) is 3.24. The van der Waals surface area contributed by atoms with Crippen molar-refractivity contribution in [2.24, 2.45) is 5.10 Å². The third-order valence-corrected chi connectivity index (χ3v) is 4.86. The van der Waals surface area contributed by atoms with E-state index >= 15 is 0 Å². The minimum Gasteiger partial charge on any atom is -0.324 e. The molecule has 0 spiro atoms. The molecule has 9 nitrogen and oxygen atoms in total. The highest BCUT2D eigenvalue weighted by molar-refractivity contribution is 6.02. The molecule has 0 radical (unpaired) electrons. The number of halogens is 1. The summed E-state index contributed by atoms with van der Waals surface area (Å²) in [4.78, 5) is 24.7. The third kappa shape index (κ3) is 4.63. The number of carbonyl (C=O) groups excluding carboxylic acids is 2. The average Bonchev–Trinajstić information content (AvgIpc) is 3.44. The summed E-state index contributed by atoms with van der Waals surface area (Å²) in [6.07, 6.45) is 0.556. The maximum Gasteiger partial charge on any atom is 0.243 e. The monoisotopic (exact) mass is 421 g/mol. The van der Waals surface area contributed by atoms with Crippen molar-refractivity contribution in [3.8, 4) is 5.69 Å². The lowest BCUT2D eigenvalue weighted by atomic mass is 10.1. The molecule has 0 saturated carbocycles. The molecule has 10 heteroatoms. The molecule has 1 N–H and O–H groups in total. The molecule has 2 aromatic carbocycles. The smallest absolute Gasteiger partial charge is 0.243 e. The van der Waals surface area contributed by atoms with Crippen LogP contribution in [0.3, 0.4) is 0 Å². The van der Waals surface area contributed by atoms with Crippen LogP contribution in [0, 0.1) is 12.7 Å². The van der Waals surface area contributed by atoms with E-state index in [4.69, 9.17) is 0 Å². The lowest BCUT2D eigenvalue weighted by Crippen LogP contribution is -2.25. The largest absolute Gasteiger partial charge is 0.324 e. The first-order valence-electron chi connectivity index (χ1n) is 9.79. The van der Waals surface area contributed by atoms with Gasteiger partial charge in [-0.1, -0.05) is 30.3 Å². The minimum atomic E-state index is -0.592. The first-order valence-corrected chi connectivity index (χ1v) is 9.79. The minimum absolute atomic E-state index is 0.00425. The van der Waals surface area contributed by atoms with Gasteiger partial charge >= 0.3 is 0 Å². The first kappa shape index (κ1) is 20.3. The highest BCUT2D eigenvalue weighted by atomic mass is 19.1. The standard InChI is InChI=1S/C21H20FN7O2/c1-14-24-26-27-29(14)16-7-8-17(22)19(13-16)23-20(30)9-10-21(31)28-12-11-18(25-28)15-5-3-2-4-6-15/h2-8,13H,9-12H2,1H3,(H,23,30). The van der Waals surface area contributed by atoms with Gasteiger partial charge in [0.2, 0.25) is 11.8 Å². The molecule has 3 aromatic rings. The summed E-state index contributed by atoms with van der Waals surface area (Å²) in [5.74, 6) is -0.787. The van der Waals surface area contributed by atoms with Crippen LogP contribution in [0.1, 0.15) is 30.7 Å². The van der Waals surface area contributed by atoms with Crippen molar-refractivity contribution in [2.45, 2.75) is 26.2 Å². The summed E-state index contributed by atoms with van der Waals surface area (Å²) in [5.41, 5.74) is 2.32. The predicted molar refractivity (Wildman–Crippen MR) is 111 cm³/mol. The summed E-state index contributed by atoms with van der Waals surface area (Å²) >= 11 is 0. The molecule has 4 rings (SSSR count). The molecule has 31 heavy (non-hydrogen) atoms. The molecule has 0 saturated heterocycles. The number of hydrazone groups is 1. The summed E-state index contributed by atoms with van der Waals surface area (Å²) in [7, 11) is 0. The Kier molecular flexibility index (Phi) is 5.78. The Hall–Kier alpha value is -3.95. The average molecular weight is 421 g/mol. The topological polar surface area (TPSA) is 105 Å². The molecule has 0 bridgehead atoms. The number of nitrogens with zero attached hydrogens (tertiary/aromatic N) is 6. The zero-order valence-electron chi connectivity index (χ0n) is 16.8. The second-order valence-electron chi connectivity index (χ2n) is 7.03. The number of anilines is 1. The number of amides is 2. The molecule has 158 valence electrons. The van der Waals surface area contributed by atoms with Crippen LogP contribution in [0.4, 0.5) is 10.1 Å². The van der Waals surface area contributed by atoms with Crippen LogP contribution in [-0.4, -0.2) is 49.3 Å². The highest BCUT2D eigenvalue weighted by Crippen LogP contribution is 2.20. The van der Waals surface area contributed by atoms with E-state index in [9.17, 15) is 14.0 Å². The summed E-state index contributed by atoms with van der Waals surface area (Å²) in [5, 5.41) is 19.4. The maximum absolute atomic E-state index is 14.2. The van der Waals surface area contributed by atoms with E-state index < -0.39 is 11.7 Å². The van der Waals surface area contributed by atoms with Crippen molar-refractivity contribution in [1.29, 1.82) is 0 Å². The van der Waals surface area contributed by atoms with Crippen LogP contribution < -0.4 is 5.32 Å². The lowest BCUT2D eigenvalue weighted by molar-refractivity contribution is -0.132. The van der Waals surface area contributed by atoms with Gasteiger partial charge in [-0.05, 0) is 41.1 Å². The highest BCUT2D eigenvalue weighted by Gasteiger charge is 2.22. The van der Waals surface area contributed by atoms with Crippen LogP contribution in [0.5, 0.6) is 0 Å². The van der Waals surface area contributed by atoms with E-state index in [1.165, 1.54) is 27.9 Å². The predicted octanol–water partition coefficient (Wildman–Crippen LogP) is 2.47. The van der Waals surface area contributed by atoms with Crippen LogP contribution >= 0.6 is 0 Å². The van der Waals surface area contributed by atoms with Crippen molar-refractivity contribution in [2.75, 3.05) is 11.9 Å². The van der Waals surface area contributed by atoms with Crippen molar-refractivity contribution in [1.82, 2.24) is 25.2 Å². The third-order valence-electron chi connectivity index (χ3n) is 4.86. The Labute approximate surface area is 177 Å². The molecule has 1 aliphatic heterocycles. The van der Waals surface area contributed by atoms with Gasteiger partial charge in [-0.25, -0.2) is 9.40 Å². The molecule has 0 fully saturated rings. The summed E-state index contributed by atoms with van der Waals surface area (Å²) in [6.45, 7) is 2.18. The molecule has 1 aromatic heterocycles. The van der Waals surface area contributed by atoms with E-state index in [1.807, 2.05) is 30.3 Å². The number of tetrazole rings is 1. The van der Waals surface area contributed by atoms with Gasteiger partial charge in [-0.2, -0.15) is 9.78 Å². The molecule has 2 heterocycles. The molecule has 1 aliphatic rings. The second kappa shape index (κ2) is 8.82. The van der Waals surface area contributed by atoms with E-state index in [-0.39, 0.29) is 24.4 Å². The number of benzene rings is 2. The van der Waals surface area contributed by atoms with Gasteiger partial charge < -0.3 is 5.32 Å². The van der Waals surface area contributed by atoms with Gasteiger partial charge in [0.15, 0.2) is 5.82 Å². The van der Waals surface area contributed by atoms with E-state index in [1.54, 1.807) is 6.92 Å². The number of hydrogen-bond acceptors (Lipinski definition) is 6. The van der Waals surface area contributed by atoms with E-state index in [0.29, 0.717) is 24.5 Å². The number of aryl methyl sites for hydroxylation is 1. The van der Waals surface area contributed by atoms with Crippen LogP contribution in [0.2, 0.25) is 0 Å². The molecule has 0 aliphatic carbocycles. The fourth-order valence-electron chi connectivity index (χ4n) is 3.24. The lowest BCUT2D eigenvalue weighted by Gasteiger charge is -2.12. The Balaban J connectivity index is 1.35. The number of rotatable bonds is 6. The molecular formula is C21H20FN7O2. The van der Waals surface area contributed by atoms with Crippen molar-refractivity contribution >= 4 is 23.2 Å². The maximum atomic E-state index is 14.2. The van der Waals surface area contributed by atoms with Gasteiger partial charge in [0.25, 0.3) is 0 Å².